The van der Waals surface area contributed by atoms with Crippen molar-refractivity contribution in [3.8, 4) is 0 Å². The van der Waals surface area contributed by atoms with Gasteiger partial charge in [-0.25, -0.2) is 0 Å². The minimum Gasteiger partial charge on any atom is -0.258 e. The summed E-state index contributed by atoms with van der Waals surface area (Å²) in [6, 6.07) is 2.16. The van der Waals surface area contributed by atoms with Crippen LogP contribution in [0.15, 0.2) is 6.07 Å². The Labute approximate surface area is 81.2 Å². The summed E-state index contributed by atoms with van der Waals surface area (Å²) < 4.78 is 0. The molecule has 1 nitrogen and oxygen atoms in total. The molecule has 1 heteroatoms. The average Bonchev–Trinajstić information content (AvgIpc) is 2.09. The molecular weight excluding hydrogens is 158 g/mol. The van der Waals surface area contributed by atoms with Crippen molar-refractivity contribution in [2.45, 2.75) is 47.0 Å². The Hall–Kier alpha value is -0.850. The molecule has 0 radical (unpaired) electrons. The lowest BCUT2D eigenvalue weighted by atomic mass is 10.0. The Morgan fingerprint density at radius 3 is 2.54 bits per heavy atom. The van der Waals surface area contributed by atoms with Crippen molar-refractivity contribution in [1.29, 1.82) is 0 Å². The van der Waals surface area contributed by atoms with E-state index in [9.17, 15) is 0 Å². The summed E-state index contributed by atoms with van der Waals surface area (Å²) in [4.78, 5) is 4.57. The molecule has 1 rings (SSSR count). The third-order valence-corrected chi connectivity index (χ3v) is 2.53. The van der Waals surface area contributed by atoms with Gasteiger partial charge in [0.2, 0.25) is 0 Å². The summed E-state index contributed by atoms with van der Waals surface area (Å²) in [5.74, 6) is 0. The second kappa shape index (κ2) is 4.40. The topological polar surface area (TPSA) is 12.9 Å². The Kier molecular flexibility index (Phi) is 3.47. The summed E-state index contributed by atoms with van der Waals surface area (Å²) in [6.45, 7) is 8.63. The lowest BCUT2D eigenvalue weighted by molar-refractivity contribution is 0.767. The van der Waals surface area contributed by atoms with Crippen molar-refractivity contribution in [2.75, 3.05) is 0 Å². The Bertz CT molecular complexity index is 289. The number of pyridine rings is 1. The zero-order valence-electron chi connectivity index (χ0n) is 9.15. The largest absolute Gasteiger partial charge is 0.258 e. The highest BCUT2D eigenvalue weighted by Gasteiger charge is 2.03. The number of unbranched alkanes of at least 4 members (excludes halogenated alkanes) is 1. The molecule has 1 aromatic heterocycles. The number of aryl methyl sites for hydroxylation is 3. The molecule has 0 spiro atoms. The third-order valence-electron chi connectivity index (χ3n) is 2.53. The van der Waals surface area contributed by atoms with Crippen LogP contribution in [0.25, 0.3) is 0 Å². The van der Waals surface area contributed by atoms with Crippen molar-refractivity contribution >= 4 is 0 Å². The van der Waals surface area contributed by atoms with Gasteiger partial charge in [-0.3, -0.25) is 4.98 Å². The van der Waals surface area contributed by atoms with Crippen LogP contribution in [0.4, 0.5) is 0 Å². The molecule has 0 fully saturated rings. The van der Waals surface area contributed by atoms with Crippen molar-refractivity contribution in [3.05, 3.63) is 28.6 Å². The smallest absolute Gasteiger partial charge is 0.0438 e. The number of hydrogen-bond donors (Lipinski definition) is 0. The maximum absolute atomic E-state index is 4.57. The molecular formula is C12H19N. The van der Waals surface area contributed by atoms with Gasteiger partial charge in [0, 0.05) is 11.4 Å². The molecule has 0 N–H and O–H groups in total. The van der Waals surface area contributed by atoms with E-state index in [4.69, 9.17) is 0 Å². The molecule has 0 aliphatic rings. The predicted molar refractivity (Wildman–Crippen MR) is 57.1 cm³/mol. The first-order chi connectivity index (χ1) is 6.15. The molecule has 0 aromatic carbocycles. The fourth-order valence-corrected chi connectivity index (χ4v) is 1.57. The van der Waals surface area contributed by atoms with Crippen molar-refractivity contribution in [2.24, 2.45) is 0 Å². The molecule has 0 atom stereocenters. The number of rotatable bonds is 3. The van der Waals surface area contributed by atoms with E-state index >= 15 is 0 Å². The van der Waals surface area contributed by atoms with E-state index < -0.39 is 0 Å². The average molecular weight is 177 g/mol. The molecule has 1 aromatic rings. The van der Waals surface area contributed by atoms with E-state index in [1.54, 1.807) is 0 Å². The van der Waals surface area contributed by atoms with E-state index in [0.29, 0.717) is 0 Å². The normalized spacial score (nSPS) is 10.5. The Morgan fingerprint density at radius 1 is 1.23 bits per heavy atom. The molecule has 1 heterocycles. The maximum Gasteiger partial charge on any atom is 0.0438 e. The van der Waals surface area contributed by atoms with Gasteiger partial charge in [0.05, 0.1) is 0 Å². The first kappa shape index (κ1) is 10.2. The van der Waals surface area contributed by atoms with Crippen LogP contribution >= 0.6 is 0 Å². The Morgan fingerprint density at radius 2 is 1.92 bits per heavy atom. The number of aromatic nitrogens is 1. The van der Waals surface area contributed by atoms with Gasteiger partial charge in [-0.05, 0) is 50.8 Å². The molecule has 0 saturated heterocycles. The lowest BCUT2D eigenvalue weighted by Gasteiger charge is -2.08. The van der Waals surface area contributed by atoms with Gasteiger partial charge in [0.25, 0.3) is 0 Å². The zero-order chi connectivity index (χ0) is 9.84. The van der Waals surface area contributed by atoms with Gasteiger partial charge in [0.1, 0.15) is 0 Å². The van der Waals surface area contributed by atoms with Gasteiger partial charge < -0.3 is 0 Å². The van der Waals surface area contributed by atoms with Crippen molar-refractivity contribution in [3.63, 3.8) is 0 Å². The highest BCUT2D eigenvalue weighted by molar-refractivity contribution is 5.30. The van der Waals surface area contributed by atoms with Gasteiger partial charge in [0.15, 0.2) is 0 Å². The standard InChI is InChI=1S/C12H19N/c1-5-6-7-12-11(4)9(2)8-10(3)13-12/h8H,5-7H2,1-4H3. The minimum atomic E-state index is 1.13. The molecule has 0 aliphatic heterocycles. The van der Waals surface area contributed by atoms with Crippen LogP contribution in [-0.4, -0.2) is 4.98 Å². The van der Waals surface area contributed by atoms with Gasteiger partial charge >= 0.3 is 0 Å². The van der Waals surface area contributed by atoms with Crippen LogP contribution < -0.4 is 0 Å². The molecule has 0 aliphatic carbocycles. The SMILES string of the molecule is CCCCc1nc(C)cc(C)c1C. The fraction of sp³-hybridized carbons (Fsp3) is 0.583. The quantitative estimate of drug-likeness (QED) is 0.690. The maximum atomic E-state index is 4.57. The molecule has 0 bridgehead atoms. The molecule has 13 heavy (non-hydrogen) atoms. The van der Waals surface area contributed by atoms with E-state index in [1.165, 1.54) is 29.7 Å². The molecule has 0 amide bonds. The monoisotopic (exact) mass is 177 g/mol. The van der Waals surface area contributed by atoms with Gasteiger partial charge in [-0.2, -0.15) is 0 Å². The van der Waals surface area contributed by atoms with E-state index in [1.807, 2.05) is 0 Å². The van der Waals surface area contributed by atoms with E-state index in [-0.39, 0.29) is 0 Å². The predicted octanol–water partition coefficient (Wildman–Crippen LogP) is 3.35. The van der Waals surface area contributed by atoms with Crippen LogP contribution in [-0.2, 0) is 6.42 Å². The first-order valence-electron chi connectivity index (χ1n) is 5.09. The van der Waals surface area contributed by atoms with Crippen LogP contribution in [0.5, 0.6) is 0 Å². The summed E-state index contributed by atoms with van der Waals surface area (Å²) in [6.07, 6.45) is 3.62. The minimum absolute atomic E-state index is 1.13. The highest BCUT2D eigenvalue weighted by Crippen LogP contribution is 2.14. The highest BCUT2D eigenvalue weighted by atomic mass is 14.7. The summed E-state index contributed by atoms with van der Waals surface area (Å²) in [7, 11) is 0. The van der Waals surface area contributed by atoms with Crippen molar-refractivity contribution < 1.29 is 0 Å². The molecule has 0 unspecified atom stereocenters. The summed E-state index contributed by atoms with van der Waals surface area (Å²) >= 11 is 0. The van der Waals surface area contributed by atoms with Gasteiger partial charge in [-0.15, -0.1) is 0 Å². The van der Waals surface area contributed by atoms with E-state index in [2.05, 4.69) is 38.7 Å². The van der Waals surface area contributed by atoms with Crippen LogP contribution in [0.2, 0.25) is 0 Å². The van der Waals surface area contributed by atoms with Gasteiger partial charge in [-0.1, -0.05) is 13.3 Å². The molecule has 0 saturated carbocycles. The summed E-state index contributed by atoms with van der Waals surface area (Å²) in [5, 5.41) is 0. The summed E-state index contributed by atoms with van der Waals surface area (Å²) in [5.41, 5.74) is 5.19. The van der Waals surface area contributed by atoms with Crippen molar-refractivity contribution in [1.82, 2.24) is 4.98 Å². The first-order valence-corrected chi connectivity index (χ1v) is 5.09. The second-order valence-corrected chi connectivity index (χ2v) is 3.76. The van der Waals surface area contributed by atoms with Crippen LogP contribution in [0.1, 0.15) is 42.3 Å². The second-order valence-electron chi connectivity index (χ2n) is 3.76. The Balaban J connectivity index is 2.92. The molecule has 72 valence electrons. The van der Waals surface area contributed by atoms with Crippen LogP contribution in [0, 0.1) is 20.8 Å². The fourth-order valence-electron chi connectivity index (χ4n) is 1.57. The zero-order valence-corrected chi connectivity index (χ0v) is 9.15. The van der Waals surface area contributed by atoms with Crippen LogP contribution in [0.3, 0.4) is 0 Å². The third kappa shape index (κ3) is 2.55. The van der Waals surface area contributed by atoms with E-state index in [0.717, 1.165) is 12.1 Å². The number of nitrogens with zero attached hydrogens (tertiary/aromatic N) is 1. The lowest BCUT2D eigenvalue weighted by Crippen LogP contribution is -1.98. The number of hydrogen-bond acceptors (Lipinski definition) is 1.